The van der Waals surface area contributed by atoms with Gasteiger partial charge in [-0.3, -0.25) is 9.13 Å². The van der Waals surface area contributed by atoms with E-state index in [1.165, 1.54) is 0 Å². The first-order chi connectivity index (χ1) is 7.43. The Hall–Kier alpha value is -0.900. The average Bonchev–Trinajstić information content (AvgIpc) is 2.17. The summed E-state index contributed by atoms with van der Waals surface area (Å²) in [5.41, 5.74) is 7.04. The van der Waals surface area contributed by atoms with Crippen molar-refractivity contribution in [1.82, 2.24) is 0 Å². The van der Waals surface area contributed by atoms with Gasteiger partial charge in [0.2, 0.25) is 0 Å². The fourth-order valence-corrected chi connectivity index (χ4v) is 1.32. The van der Waals surface area contributed by atoms with E-state index < -0.39 is 16.5 Å². The van der Waals surface area contributed by atoms with Crippen molar-refractivity contribution in [3.63, 3.8) is 0 Å². The molecule has 0 fully saturated rings. The van der Waals surface area contributed by atoms with Gasteiger partial charge >= 0.3 is 16.5 Å². The SMILES string of the molecule is C=C(N)c1ccccc1.O=[PH](O)O[PH](=O)O. The highest BCUT2D eigenvalue weighted by Crippen LogP contribution is 2.30. The van der Waals surface area contributed by atoms with Crippen molar-refractivity contribution in [2.45, 2.75) is 0 Å². The Balaban J connectivity index is 0.000000293. The number of benzene rings is 1. The second kappa shape index (κ2) is 8.28. The van der Waals surface area contributed by atoms with Crippen LogP contribution in [0.25, 0.3) is 5.70 Å². The molecule has 6 nitrogen and oxygen atoms in total. The van der Waals surface area contributed by atoms with Crippen LogP contribution in [0.15, 0.2) is 36.9 Å². The molecule has 0 spiro atoms. The van der Waals surface area contributed by atoms with Gasteiger partial charge in [-0.25, -0.2) is 4.31 Å². The van der Waals surface area contributed by atoms with E-state index in [1.54, 1.807) is 0 Å². The molecule has 1 aromatic rings. The standard InChI is InChI=1S/C8H9N.H4O5P2/c1-7(9)8-5-3-2-4-6-8;1-6(2)5-7(3)4/h2-6H,1,9H2;6-7H,(H,1,2)(H,3,4). The normalized spacial score (nSPS) is 13.1. The summed E-state index contributed by atoms with van der Waals surface area (Å²) >= 11 is 0. The molecule has 0 radical (unpaired) electrons. The van der Waals surface area contributed by atoms with Crippen molar-refractivity contribution < 1.29 is 23.2 Å². The molecular formula is C8H13NO5P2. The molecule has 0 bridgehead atoms. The summed E-state index contributed by atoms with van der Waals surface area (Å²) in [7, 11) is -6.40. The Bertz CT molecular complexity index is 369. The first-order valence-electron chi connectivity index (χ1n) is 4.07. The molecule has 1 rings (SSSR count). The van der Waals surface area contributed by atoms with Crippen molar-refractivity contribution in [2.24, 2.45) is 5.73 Å². The molecule has 0 saturated carbocycles. The van der Waals surface area contributed by atoms with E-state index in [0.717, 1.165) is 5.56 Å². The zero-order chi connectivity index (χ0) is 12.6. The van der Waals surface area contributed by atoms with E-state index in [1.807, 2.05) is 30.3 Å². The van der Waals surface area contributed by atoms with Gasteiger partial charge in [-0.15, -0.1) is 0 Å². The molecule has 16 heavy (non-hydrogen) atoms. The van der Waals surface area contributed by atoms with Gasteiger partial charge in [-0.2, -0.15) is 0 Å². The van der Waals surface area contributed by atoms with Crippen LogP contribution in [0, 0.1) is 0 Å². The lowest BCUT2D eigenvalue weighted by Crippen LogP contribution is -1.91. The molecule has 1 aromatic carbocycles. The third-order valence-corrected chi connectivity index (χ3v) is 2.72. The predicted octanol–water partition coefficient (Wildman–Crippen LogP) is 1.38. The second-order valence-electron chi connectivity index (χ2n) is 2.53. The lowest BCUT2D eigenvalue weighted by molar-refractivity contribution is 0.371. The summed E-state index contributed by atoms with van der Waals surface area (Å²) in [5, 5.41) is 0. The third kappa shape index (κ3) is 8.41. The van der Waals surface area contributed by atoms with Crippen LogP contribution in [-0.4, -0.2) is 9.79 Å². The third-order valence-electron chi connectivity index (χ3n) is 1.32. The Morgan fingerprint density at radius 1 is 1.19 bits per heavy atom. The molecule has 0 aliphatic rings. The number of hydrogen-bond acceptors (Lipinski definition) is 4. The quantitative estimate of drug-likeness (QED) is 0.712. The van der Waals surface area contributed by atoms with Gasteiger partial charge in [0, 0.05) is 5.70 Å². The molecule has 4 N–H and O–H groups in total. The molecule has 0 aromatic heterocycles. The van der Waals surface area contributed by atoms with Crippen LogP contribution in [-0.2, 0) is 13.4 Å². The Morgan fingerprint density at radius 3 is 1.81 bits per heavy atom. The number of nitrogens with two attached hydrogens (primary N) is 1. The summed E-state index contributed by atoms with van der Waals surface area (Å²) in [6, 6.07) is 9.69. The summed E-state index contributed by atoms with van der Waals surface area (Å²) in [5.74, 6) is 0. The molecule has 0 saturated heterocycles. The fourth-order valence-electron chi connectivity index (χ4n) is 0.727. The predicted molar refractivity (Wildman–Crippen MR) is 63.2 cm³/mol. The second-order valence-corrected chi connectivity index (χ2v) is 4.41. The molecular weight excluding hydrogens is 252 g/mol. The van der Waals surface area contributed by atoms with Crippen LogP contribution in [0.1, 0.15) is 5.56 Å². The van der Waals surface area contributed by atoms with E-state index >= 15 is 0 Å². The number of hydrogen-bond donors (Lipinski definition) is 3. The molecule has 0 amide bonds. The number of rotatable bonds is 3. The molecule has 90 valence electrons. The highest BCUT2D eigenvalue weighted by molar-refractivity contribution is 7.46. The summed E-state index contributed by atoms with van der Waals surface area (Å²) < 4.78 is 22.3. The monoisotopic (exact) mass is 265 g/mol. The van der Waals surface area contributed by atoms with Gasteiger partial charge in [0.1, 0.15) is 0 Å². The van der Waals surface area contributed by atoms with Gasteiger partial charge in [0.05, 0.1) is 0 Å². The Morgan fingerprint density at radius 2 is 1.62 bits per heavy atom. The minimum atomic E-state index is -3.20. The van der Waals surface area contributed by atoms with E-state index in [2.05, 4.69) is 10.9 Å². The molecule has 0 aliphatic heterocycles. The summed E-state index contributed by atoms with van der Waals surface area (Å²) in [6.07, 6.45) is 0. The Kier molecular flexibility index (Phi) is 7.81. The van der Waals surface area contributed by atoms with Crippen molar-refractivity contribution in [2.75, 3.05) is 0 Å². The average molecular weight is 265 g/mol. The maximum absolute atomic E-state index is 9.44. The largest absolute Gasteiger partial charge is 0.399 e. The van der Waals surface area contributed by atoms with Crippen LogP contribution in [0.4, 0.5) is 0 Å². The molecule has 2 atom stereocenters. The van der Waals surface area contributed by atoms with Gasteiger partial charge in [-0.05, 0) is 5.56 Å². The maximum atomic E-state index is 9.44. The van der Waals surface area contributed by atoms with Crippen molar-refractivity contribution in [3.05, 3.63) is 42.5 Å². The smallest absolute Gasteiger partial charge is 0.323 e. The van der Waals surface area contributed by atoms with Crippen LogP contribution >= 0.6 is 16.5 Å². The highest BCUT2D eigenvalue weighted by atomic mass is 31.2. The zero-order valence-electron chi connectivity index (χ0n) is 8.29. The van der Waals surface area contributed by atoms with Crippen LogP contribution in [0.3, 0.4) is 0 Å². The van der Waals surface area contributed by atoms with Gasteiger partial charge in [0.15, 0.2) is 0 Å². The molecule has 0 aliphatic carbocycles. The topological polar surface area (TPSA) is 110 Å². The van der Waals surface area contributed by atoms with E-state index in [-0.39, 0.29) is 0 Å². The van der Waals surface area contributed by atoms with Crippen molar-refractivity contribution >= 4 is 22.2 Å². The first-order valence-corrected chi connectivity index (χ1v) is 6.59. The van der Waals surface area contributed by atoms with E-state index in [0.29, 0.717) is 5.70 Å². The summed E-state index contributed by atoms with van der Waals surface area (Å²) in [6.45, 7) is 3.60. The zero-order valence-corrected chi connectivity index (χ0v) is 10.3. The minimum absolute atomic E-state index is 0.621. The van der Waals surface area contributed by atoms with Gasteiger partial charge in [-0.1, -0.05) is 36.9 Å². The van der Waals surface area contributed by atoms with E-state index in [9.17, 15) is 9.13 Å². The van der Waals surface area contributed by atoms with Crippen LogP contribution in [0.5, 0.6) is 0 Å². The summed E-state index contributed by atoms with van der Waals surface area (Å²) in [4.78, 5) is 15.4. The maximum Gasteiger partial charge on any atom is 0.323 e. The van der Waals surface area contributed by atoms with Crippen molar-refractivity contribution in [1.29, 1.82) is 0 Å². The molecule has 8 heteroatoms. The van der Waals surface area contributed by atoms with Gasteiger partial charge < -0.3 is 15.5 Å². The molecule has 0 heterocycles. The first kappa shape index (κ1) is 15.1. The lowest BCUT2D eigenvalue weighted by atomic mass is 10.2. The van der Waals surface area contributed by atoms with Gasteiger partial charge in [0.25, 0.3) is 0 Å². The lowest BCUT2D eigenvalue weighted by Gasteiger charge is -1.95. The molecule has 2 unspecified atom stereocenters. The highest BCUT2D eigenvalue weighted by Gasteiger charge is 1.93. The Labute approximate surface area is 94.3 Å². The fraction of sp³-hybridized carbons (Fsp3) is 0. The van der Waals surface area contributed by atoms with E-state index in [4.69, 9.17) is 15.5 Å². The van der Waals surface area contributed by atoms with Crippen LogP contribution < -0.4 is 5.73 Å². The van der Waals surface area contributed by atoms with Crippen LogP contribution in [0.2, 0.25) is 0 Å². The van der Waals surface area contributed by atoms with Crippen molar-refractivity contribution in [3.8, 4) is 0 Å². The minimum Gasteiger partial charge on any atom is -0.399 e.